The Balaban J connectivity index is 1.95. The molecule has 0 radical (unpaired) electrons. The highest BCUT2D eigenvalue weighted by Gasteiger charge is 2.15. The van der Waals surface area contributed by atoms with E-state index in [1.165, 1.54) is 24.1 Å². The van der Waals surface area contributed by atoms with Gasteiger partial charge in [-0.25, -0.2) is 0 Å². The molecular formula is C12H16BrNO. The maximum atomic E-state index is 5.57. The number of halogens is 1. The van der Waals surface area contributed by atoms with Crippen LogP contribution in [0.1, 0.15) is 18.4 Å². The van der Waals surface area contributed by atoms with E-state index in [0.29, 0.717) is 6.10 Å². The van der Waals surface area contributed by atoms with Crippen molar-refractivity contribution in [2.75, 3.05) is 18.5 Å². The molecule has 1 aliphatic heterocycles. The maximum absolute atomic E-state index is 5.57. The largest absolute Gasteiger partial charge is 0.382 e. The second kappa shape index (κ2) is 4.99. The van der Waals surface area contributed by atoms with Crippen molar-refractivity contribution in [3.8, 4) is 0 Å². The van der Waals surface area contributed by atoms with Crippen LogP contribution in [0.3, 0.4) is 0 Å². The van der Waals surface area contributed by atoms with Gasteiger partial charge in [-0.05, 0) is 37.5 Å². The van der Waals surface area contributed by atoms with Crippen LogP contribution >= 0.6 is 15.9 Å². The second-order valence-electron chi connectivity index (χ2n) is 3.93. The zero-order valence-corrected chi connectivity index (χ0v) is 10.5. The lowest BCUT2D eigenvalue weighted by atomic mass is 10.2. The fourth-order valence-corrected chi connectivity index (χ4v) is 2.19. The van der Waals surface area contributed by atoms with Gasteiger partial charge in [-0.1, -0.05) is 22.0 Å². The summed E-state index contributed by atoms with van der Waals surface area (Å²) in [5.74, 6) is 0. The number of rotatable bonds is 3. The molecule has 82 valence electrons. The first-order chi connectivity index (χ1) is 7.27. The van der Waals surface area contributed by atoms with Gasteiger partial charge in [0.05, 0.1) is 6.10 Å². The summed E-state index contributed by atoms with van der Waals surface area (Å²) in [5.41, 5.74) is 2.45. The van der Waals surface area contributed by atoms with E-state index in [1.54, 1.807) is 0 Å². The van der Waals surface area contributed by atoms with Gasteiger partial charge in [0, 0.05) is 23.3 Å². The highest BCUT2D eigenvalue weighted by atomic mass is 79.9. The van der Waals surface area contributed by atoms with E-state index in [1.807, 2.05) is 0 Å². The first kappa shape index (κ1) is 11.0. The summed E-state index contributed by atoms with van der Waals surface area (Å²) in [6.45, 7) is 3.95. The molecule has 1 aromatic rings. The van der Waals surface area contributed by atoms with Crippen molar-refractivity contribution in [3.05, 3.63) is 28.2 Å². The molecule has 0 amide bonds. The van der Waals surface area contributed by atoms with Crippen LogP contribution in [0.15, 0.2) is 22.7 Å². The molecule has 1 saturated heterocycles. The summed E-state index contributed by atoms with van der Waals surface area (Å²) in [6.07, 6.45) is 2.77. The number of hydrogen-bond donors (Lipinski definition) is 1. The van der Waals surface area contributed by atoms with Gasteiger partial charge in [-0.2, -0.15) is 0 Å². The third-order valence-corrected chi connectivity index (χ3v) is 3.67. The standard InChI is InChI=1S/C12H16BrNO/c1-9-11(13)5-2-6-12(9)14-8-10-4-3-7-15-10/h2,5-6,10,14H,3-4,7-8H2,1H3. The quantitative estimate of drug-likeness (QED) is 0.909. The lowest BCUT2D eigenvalue weighted by Crippen LogP contribution is -2.18. The van der Waals surface area contributed by atoms with Gasteiger partial charge in [-0.15, -0.1) is 0 Å². The minimum atomic E-state index is 0.392. The summed E-state index contributed by atoms with van der Waals surface area (Å²) in [4.78, 5) is 0. The fraction of sp³-hybridized carbons (Fsp3) is 0.500. The van der Waals surface area contributed by atoms with Gasteiger partial charge >= 0.3 is 0 Å². The van der Waals surface area contributed by atoms with Crippen LogP contribution in [0.4, 0.5) is 5.69 Å². The van der Waals surface area contributed by atoms with Crippen molar-refractivity contribution in [1.29, 1.82) is 0 Å². The van der Waals surface area contributed by atoms with Gasteiger partial charge in [0.15, 0.2) is 0 Å². The minimum Gasteiger partial charge on any atom is -0.382 e. The van der Waals surface area contributed by atoms with Crippen molar-refractivity contribution >= 4 is 21.6 Å². The molecule has 2 rings (SSSR count). The summed E-state index contributed by atoms with van der Waals surface area (Å²) >= 11 is 3.53. The van der Waals surface area contributed by atoms with Crippen molar-refractivity contribution < 1.29 is 4.74 Å². The van der Waals surface area contributed by atoms with Gasteiger partial charge in [0.2, 0.25) is 0 Å². The molecule has 1 atom stereocenters. The molecule has 0 aliphatic carbocycles. The van der Waals surface area contributed by atoms with E-state index >= 15 is 0 Å². The molecule has 1 heterocycles. The lowest BCUT2D eigenvalue weighted by Gasteiger charge is -2.14. The predicted octanol–water partition coefficient (Wildman–Crippen LogP) is 3.35. The monoisotopic (exact) mass is 269 g/mol. The Morgan fingerprint density at radius 3 is 3.13 bits per heavy atom. The average Bonchev–Trinajstić information content (AvgIpc) is 2.73. The Morgan fingerprint density at radius 1 is 1.53 bits per heavy atom. The molecule has 1 aromatic carbocycles. The van der Waals surface area contributed by atoms with Crippen molar-refractivity contribution in [1.82, 2.24) is 0 Å². The lowest BCUT2D eigenvalue weighted by molar-refractivity contribution is 0.120. The summed E-state index contributed by atoms with van der Waals surface area (Å²) in [7, 11) is 0. The van der Waals surface area contributed by atoms with E-state index in [9.17, 15) is 0 Å². The first-order valence-electron chi connectivity index (χ1n) is 5.38. The summed E-state index contributed by atoms with van der Waals surface area (Å²) in [6, 6.07) is 6.22. The summed E-state index contributed by atoms with van der Waals surface area (Å²) < 4.78 is 6.72. The molecule has 0 bridgehead atoms. The third kappa shape index (κ3) is 2.73. The van der Waals surface area contributed by atoms with E-state index in [2.05, 4.69) is 46.4 Å². The van der Waals surface area contributed by atoms with Crippen LogP contribution in [0.2, 0.25) is 0 Å². The number of ether oxygens (including phenoxy) is 1. The molecule has 2 nitrogen and oxygen atoms in total. The normalized spacial score (nSPS) is 20.5. The Bertz CT molecular complexity index is 334. The average molecular weight is 270 g/mol. The van der Waals surface area contributed by atoms with Crippen LogP contribution in [0.5, 0.6) is 0 Å². The maximum Gasteiger partial charge on any atom is 0.0748 e. The van der Waals surface area contributed by atoms with Crippen molar-refractivity contribution in [2.45, 2.75) is 25.9 Å². The van der Waals surface area contributed by atoms with E-state index in [4.69, 9.17) is 4.74 Å². The van der Waals surface area contributed by atoms with E-state index in [-0.39, 0.29) is 0 Å². The first-order valence-corrected chi connectivity index (χ1v) is 6.17. The highest BCUT2D eigenvalue weighted by Crippen LogP contribution is 2.24. The molecule has 1 N–H and O–H groups in total. The molecule has 3 heteroatoms. The van der Waals surface area contributed by atoms with E-state index < -0.39 is 0 Å². The Kier molecular flexibility index (Phi) is 3.65. The van der Waals surface area contributed by atoms with Crippen molar-refractivity contribution in [2.24, 2.45) is 0 Å². The molecule has 0 saturated carbocycles. The third-order valence-electron chi connectivity index (χ3n) is 2.81. The molecular weight excluding hydrogens is 254 g/mol. The Labute approximate surface area is 99.1 Å². The Morgan fingerprint density at radius 2 is 2.40 bits per heavy atom. The van der Waals surface area contributed by atoms with Gasteiger partial charge in [-0.3, -0.25) is 0 Å². The number of benzene rings is 1. The molecule has 15 heavy (non-hydrogen) atoms. The van der Waals surface area contributed by atoms with Crippen LogP contribution in [0.25, 0.3) is 0 Å². The fourth-order valence-electron chi connectivity index (χ4n) is 1.83. The number of nitrogens with one attached hydrogen (secondary N) is 1. The SMILES string of the molecule is Cc1c(Br)cccc1NCC1CCCO1. The second-order valence-corrected chi connectivity index (χ2v) is 4.78. The zero-order valence-electron chi connectivity index (χ0n) is 8.92. The minimum absolute atomic E-state index is 0.392. The van der Waals surface area contributed by atoms with Crippen LogP contribution in [-0.4, -0.2) is 19.3 Å². The summed E-state index contributed by atoms with van der Waals surface area (Å²) in [5, 5.41) is 3.44. The Hall–Kier alpha value is -0.540. The van der Waals surface area contributed by atoms with E-state index in [0.717, 1.165) is 17.6 Å². The van der Waals surface area contributed by atoms with Gasteiger partial charge in [0.25, 0.3) is 0 Å². The molecule has 0 aromatic heterocycles. The zero-order chi connectivity index (χ0) is 10.7. The van der Waals surface area contributed by atoms with Crippen molar-refractivity contribution in [3.63, 3.8) is 0 Å². The molecule has 1 unspecified atom stereocenters. The highest BCUT2D eigenvalue weighted by molar-refractivity contribution is 9.10. The van der Waals surface area contributed by atoms with Crippen LogP contribution < -0.4 is 5.32 Å². The van der Waals surface area contributed by atoms with Crippen LogP contribution in [0, 0.1) is 6.92 Å². The van der Waals surface area contributed by atoms with Gasteiger partial charge < -0.3 is 10.1 Å². The predicted molar refractivity (Wildman–Crippen MR) is 66.3 cm³/mol. The van der Waals surface area contributed by atoms with Gasteiger partial charge in [0.1, 0.15) is 0 Å². The van der Waals surface area contributed by atoms with Crippen LogP contribution in [-0.2, 0) is 4.74 Å². The number of anilines is 1. The molecule has 1 fully saturated rings. The molecule has 0 spiro atoms. The topological polar surface area (TPSA) is 21.3 Å². The number of hydrogen-bond acceptors (Lipinski definition) is 2. The smallest absolute Gasteiger partial charge is 0.0748 e. The molecule has 1 aliphatic rings.